The molecule has 12 heteroatoms. The van der Waals surface area contributed by atoms with Crippen LogP contribution in [0.15, 0.2) is 30.5 Å². The number of aromatic nitrogens is 3. The number of hydrogen-bond donors (Lipinski definition) is 1. The maximum atomic E-state index is 16.9. The summed E-state index contributed by atoms with van der Waals surface area (Å²) in [5.41, 5.74) is 0.0761. The van der Waals surface area contributed by atoms with E-state index in [9.17, 15) is 14.3 Å². The fourth-order valence-corrected chi connectivity index (χ4v) is 9.11. The zero-order valence-electron chi connectivity index (χ0n) is 27.0. The number of nitrogens with zero attached hydrogens (tertiary/aromatic N) is 5. The van der Waals surface area contributed by atoms with Crippen LogP contribution in [0.1, 0.15) is 44.6 Å². The van der Waals surface area contributed by atoms with E-state index in [-0.39, 0.29) is 58.9 Å². The minimum atomic E-state index is -0.936. The molecule has 252 valence electrons. The maximum Gasteiger partial charge on any atom is 0.319 e. The monoisotopic (exact) mass is 661 g/mol. The van der Waals surface area contributed by atoms with Crippen molar-refractivity contribution in [3.8, 4) is 23.0 Å². The predicted molar refractivity (Wildman–Crippen MR) is 174 cm³/mol. The summed E-state index contributed by atoms with van der Waals surface area (Å²) in [7, 11) is 1.41. The lowest BCUT2D eigenvalue weighted by Gasteiger charge is -2.37. The number of halogens is 3. The number of carbonyl (C=O) groups is 1. The average molecular weight is 662 g/mol. The first-order valence-electron chi connectivity index (χ1n) is 16.8. The number of esters is 1. The molecule has 2 aromatic carbocycles. The number of benzene rings is 2. The Morgan fingerprint density at radius 1 is 1.12 bits per heavy atom. The molecule has 9 nitrogen and oxygen atoms in total. The van der Waals surface area contributed by atoms with Crippen LogP contribution in [0.3, 0.4) is 0 Å². The van der Waals surface area contributed by atoms with Crippen molar-refractivity contribution in [1.82, 2.24) is 19.9 Å². The number of phenols is 1. The van der Waals surface area contributed by atoms with Gasteiger partial charge in [-0.3, -0.25) is 14.7 Å². The molecule has 5 heterocycles. The molecule has 0 radical (unpaired) electrons. The zero-order chi connectivity index (χ0) is 33.3. The molecule has 2 bridgehead atoms. The second-order valence-corrected chi connectivity index (χ2v) is 13.9. The lowest BCUT2D eigenvalue weighted by molar-refractivity contribution is -0.148. The number of carbonyl (C=O) groups excluding carboxylic acids is 1. The third kappa shape index (κ3) is 4.93. The van der Waals surface area contributed by atoms with Crippen molar-refractivity contribution in [1.29, 1.82) is 0 Å². The summed E-state index contributed by atoms with van der Waals surface area (Å²) in [4.78, 5) is 30.8. The van der Waals surface area contributed by atoms with Crippen LogP contribution in [0.5, 0.6) is 11.8 Å². The molecule has 3 saturated heterocycles. The quantitative estimate of drug-likeness (QED) is 0.240. The average Bonchev–Trinajstić information content (AvgIpc) is 3.69. The van der Waals surface area contributed by atoms with Gasteiger partial charge in [0, 0.05) is 37.8 Å². The normalized spacial score (nSPS) is 26.8. The van der Waals surface area contributed by atoms with Gasteiger partial charge in [-0.25, -0.2) is 13.2 Å². The number of alkyl halides is 1. The number of pyridine rings is 1. The van der Waals surface area contributed by atoms with E-state index in [1.165, 1.54) is 31.5 Å². The predicted octanol–water partition coefficient (Wildman–Crippen LogP) is 5.98. The first-order chi connectivity index (χ1) is 23.2. The van der Waals surface area contributed by atoms with Crippen molar-refractivity contribution >= 4 is 33.5 Å². The molecule has 2 aromatic heterocycles. The van der Waals surface area contributed by atoms with Crippen LogP contribution in [-0.2, 0) is 16.0 Å². The molecular formula is C36H38F3N5O4. The Balaban J connectivity index is 1.26. The standard InChI is InChI=1S/C36H38F3N5O4/c1-3-24-27(38)8-7-19-11-23(45)12-25(29(19)24)31-30(39)32-26(14-40-31)33(43-15-20-5-6-21(16-43)28(20)34(46)47-2)42-35(41-32)48-18-36-9-4-10-44(36)17-22(37)13-36/h7-8,11-12,14,20-22,28,45H,3-6,9-10,13,15-18H2,1-2H3/t20-,21+,22-,28?,36+/m1/s1. The van der Waals surface area contributed by atoms with E-state index in [1.54, 1.807) is 6.07 Å². The number of rotatable bonds is 7. The van der Waals surface area contributed by atoms with Crippen molar-refractivity contribution in [2.75, 3.05) is 44.8 Å². The van der Waals surface area contributed by atoms with Crippen LogP contribution < -0.4 is 9.64 Å². The topological polar surface area (TPSA) is 101 Å². The van der Waals surface area contributed by atoms with Gasteiger partial charge in [-0.05, 0) is 85.0 Å². The molecule has 0 amide bonds. The van der Waals surface area contributed by atoms with Crippen molar-refractivity contribution in [3.05, 3.63) is 47.7 Å². The minimum absolute atomic E-state index is 0.0241. The number of phenolic OH excluding ortho intramolecular Hbond substituents is 1. The second-order valence-electron chi connectivity index (χ2n) is 13.9. The summed E-state index contributed by atoms with van der Waals surface area (Å²) in [6, 6.07) is 5.79. The van der Waals surface area contributed by atoms with Gasteiger partial charge in [0.25, 0.3) is 0 Å². The Labute approximate surface area is 276 Å². The summed E-state index contributed by atoms with van der Waals surface area (Å²) in [5, 5.41) is 12.0. The van der Waals surface area contributed by atoms with Crippen LogP contribution in [-0.4, -0.2) is 82.5 Å². The van der Waals surface area contributed by atoms with E-state index in [2.05, 4.69) is 19.8 Å². The summed E-state index contributed by atoms with van der Waals surface area (Å²) in [6.45, 7) is 4.19. The van der Waals surface area contributed by atoms with Gasteiger partial charge in [0.2, 0.25) is 0 Å². The van der Waals surface area contributed by atoms with Crippen molar-refractivity contribution in [3.63, 3.8) is 0 Å². The van der Waals surface area contributed by atoms with E-state index in [0.717, 1.165) is 32.2 Å². The molecule has 4 fully saturated rings. The van der Waals surface area contributed by atoms with Gasteiger partial charge in [0.15, 0.2) is 5.82 Å². The van der Waals surface area contributed by atoms with E-state index < -0.39 is 23.3 Å². The number of hydrogen-bond acceptors (Lipinski definition) is 9. The number of piperidine rings is 1. The molecule has 1 aliphatic carbocycles. The number of aromatic hydroxyl groups is 1. The number of ether oxygens (including phenoxy) is 2. The number of anilines is 1. The molecule has 48 heavy (non-hydrogen) atoms. The Kier molecular flexibility index (Phi) is 7.61. The van der Waals surface area contributed by atoms with Gasteiger partial charge in [0.1, 0.15) is 41.4 Å². The van der Waals surface area contributed by atoms with Gasteiger partial charge in [-0.2, -0.15) is 9.97 Å². The molecule has 1 saturated carbocycles. The van der Waals surface area contributed by atoms with Gasteiger partial charge < -0.3 is 19.5 Å². The Morgan fingerprint density at radius 3 is 2.67 bits per heavy atom. The molecule has 1 N–H and O–H groups in total. The zero-order valence-corrected chi connectivity index (χ0v) is 27.0. The number of methoxy groups -OCH3 is 1. The molecular weight excluding hydrogens is 623 g/mol. The van der Waals surface area contributed by atoms with E-state index in [0.29, 0.717) is 60.0 Å². The van der Waals surface area contributed by atoms with Gasteiger partial charge in [-0.15, -0.1) is 0 Å². The van der Waals surface area contributed by atoms with Crippen molar-refractivity contribution in [2.45, 2.75) is 57.2 Å². The highest BCUT2D eigenvalue weighted by molar-refractivity contribution is 6.01. The maximum absolute atomic E-state index is 16.9. The van der Waals surface area contributed by atoms with Crippen LogP contribution in [0, 0.1) is 29.4 Å². The largest absolute Gasteiger partial charge is 0.508 e. The smallest absolute Gasteiger partial charge is 0.319 e. The second kappa shape index (κ2) is 11.7. The van der Waals surface area contributed by atoms with E-state index >= 15 is 8.78 Å². The first kappa shape index (κ1) is 31.1. The fraction of sp³-hybridized carbons (Fsp3) is 0.500. The number of fused-ring (bicyclic) bond motifs is 5. The third-order valence-electron chi connectivity index (χ3n) is 11.2. The fourth-order valence-electron chi connectivity index (χ4n) is 9.11. The lowest BCUT2D eigenvalue weighted by Crippen LogP contribution is -2.45. The lowest BCUT2D eigenvalue weighted by atomic mass is 9.85. The van der Waals surface area contributed by atoms with Gasteiger partial charge >= 0.3 is 12.0 Å². The first-order valence-corrected chi connectivity index (χ1v) is 16.8. The van der Waals surface area contributed by atoms with Crippen LogP contribution in [0.25, 0.3) is 32.9 Å². The van der Waals surface area contributed by atoms with Crippen molar-refractivity contribution < 1.29 is 32.5 Å². The molecule has 4 aromatic rings. The molecule has 1 unspecified atom stereocenters. The van der Waals surface area contributed by atoms with Gasteiger partial charge in [0.05, 0.1) is 24.0 Å². The van der Waals surface area contributed by atoms with E-state index in [4.69, 9.17) is 14.5 Å². The summed E-state index contributed by atoms with van der Waals surface area (Å²) in [6.07, 6.45) is 4.77. The summed E-state index contributed by atoms with van der Waals surface area (Å²) in [5.74, 6) is -1.14. The highest BCUT2D eigenvalue weighted by atomic mass is 19.1. The third-order valence-corrected chi connectivity index (χ3v) is 11.2. The van der Waals surface area contributed by atoms with Crippen LogP contribution in [0.2, 0.25) is 0 Å². The highest BCUT2D eigenvalue weighted by Gasteiger charge is 2.50. The minimum Gasteiger partial charge on any atom is -0.508 e. The number of aryl methyl sites for hydroxylation is 1. The molecule has 4 aliphatic rings. The molecule has 5 atom stereocenters. The SMILES string of the molecule is CCc1c(F)ccc2cc(O)cc(-c3ncc4c(N5C[C@H]6CC[C@@H](C5)C6C(=O)OC)nc(OC[C@@]56CCCN5C[C@H](F)C6)nc4c3F)c12. The molecule has 0 spiro atoms. The Hall–Kier alpha value is -4.19. The Morgan fingerprint density at radius 2 is 1.92 bits per heavy atom. The Bertz CT molecular complexity index is 1930. The van der Waals surface area contributed by atoms with Crippen LogP contribution >= 0.6 is 0 Å². The summed E-state index contributed by atoms with van der Waals surface area (Å²) < 4.78 is 57.9. The van der Waals surface area contributed by atoms with Crippen LogP contribution in [0.4, 0.5) is 19.0 Å². The van der Waals surface area contributed by atoms with E-state index in [1.807, 2.05) is 6.92 Å². The highest BCUT2D eigenvalue weighted by Crippen LogP contribution is 2.46. The summed E-state index contributed by atoms with van der Waals surface area (Å²) >= 11 is 0. The molecule has 3 aliphatic heterocycles. The van der Waals surface area contributed by atoms with Crippen molar-refractivity contribution in [2.24, 2.45) is 17.8 Å². The molecule has 8 rings (SSSR count). The van der Waals surface area contributed by atoms with Gasteiger partial charge in [-0.1, -0.05) is 13.0 Å².